The molecule has 1 unspecified atom stereocenters. The van der Waals surface area contributed by atoms with E-state index in [0.717, 1.165) is 17.8 Å². The Bertz CT molecular complexity index is 947. The lowest BCUT2D eigenvalue weighted by Crippen LogP contribution is -2.49. The molecule has 8 heteroatoms. The number of rotatable bonds is 7. The first-order valence-electron chi connectivity index (χ1n) is 10.6. The van der Waals surface area contributed by atoms with Crippen molar-refractivity contribution >= 4 is 40.7 Å². The van der Waals surface area contributed by atoms with Gasteiger partial charge in [-0.25, -0.2) is 9.78 Å². The molecular weight excluding hydrogens is 414 g/mol. The molecule has 2 aromatic rings. The van der Waals surface area contributed by atoms with Gasteiger partial charge in [0.25, 0.3) is 0 Å². The Morgan fingerprint density at radius 2 is 1.81 bits per heavy atom. The van der Waals surface area contributed by atoms with Gasteiger partial charge in [-0.05, 0) is 69.6 Å². The average molecular weight is 444 g/mol. The van der Waals surface area contributed by atoms with Crippen molar-refractivity contribution in [3.63, 3.8) is 0 Å². The number of amides is 3. The van der Waals surface area contributed by atoms with Crippen LogP contribution in [0.5, 0.6) is 0 Å². The highest BCUT2D eigenvalue weighted by molar-refractivity contribution is 6.30. The first-order valence-corrected chi connectivity index (χ1v) is 10.9. The lowest BCUT2D eigenvalue weighted by Gasteiger charge is -2.40. The molecule has 0 saturated heterocycles. The normalized spacial score (nSPS) is 15.6. The number of hydrogen-bond donors (Lipinski definition) is 2. The predicted molar refractivity (Wildman–Crippen MR) is 125 cm³/mol. The second-order valence-electron chi connectivity index (χ2n) is 8.36. The second kappa shape index (κ2) is 9.66. The number of halogens is 1. The largest absolute Gasteiger partial charge is 0.329 e. The summed E-state index contributed by atoms with van der Waals surface area (Å²) in [4.78, 5) is 34.0. The van der Waals surface area contributed by atoms with E-state index in [1.54, 1.807) is 37.1 Å². The van der Waals surface area contributed by atoms with Crippen LogP contribution in [-0.4, -0.2) is 41.0 Å². The van der Waals surface area contributed by atoms with Gasteiger partial charge in [0, 0.05) is 11.1 Å². The summed E-state index contributed by atoms with van der Waals surface area (Å²) >= 11 is 6.06. The Kier molecular flexibility index (Phi) is 7.18. The average Bonchev–Trinajstić information content (AvgIpc) is 2.73. The summed E-state index contributed by atoms with van der Waals surface area (Å²) in [6, 6.07) is 10.3. The molecule has 166 valence electrons. The van der Waals surface area contributed by atoms with Gasteiger partial charge < -0.3 is 15.5 Å². The topological polar surface area (TPSA) is 77.6 Å². The molecule has 3 rings (SSSR count). The van der Waals surface area contributed by atoms with Crippen LogP contribution in [-0.2, 0) is 11.3 Å². The summed E-state index contributed by atoms with van der Waals surface area (Å²) < 4.78 is 0. The molecule has 2 heterocycles. The Labute approximate surface area is 188 Å². The van der Waals surface area contributed by atoms with Gasteiger partial charge in [-0.15, -0.1) is 0 Å². The van der Waals surface area contributed by atoms with Crippen LogP contribution in [0.3, 0.4) is 0 Å². The zero-order chi connectivity index (χ0) is 22.7. The number of nitrogens with zero attached hydrogens (tertiary/aromatic N) is 3. The van der Waals surface area contributed by atoms with Gasteiger partial charge in [0.05, 0.1) is 29.7 Å². The number of nitrogens with one attached hydrogen (secondary N) is 2. The summed E-state index contributed by atoms with van der Waals surface area (Å²) in [6.45, 7) is 8.51. The van der Waals surface area contributed by atoms with Gasteiger partial charge in [-0.3, -0.25) is 9.69 Å². The fourth-order valence-electron chi connectivity index (χ4n) is 3.70. The van der Waals surface area contributed by atoms with Gasteiger partial charge in [-0.1, -0.05) is 25.4 Å². The van der Waals surface area contributed by atoms with Crippen LogP contribution in [0.15, 0.2) is 36.4 Å². The van der Waals surface area contributed by atoms with Crippen LogP contribution >= 0.6 is 11.6 Å². The number of carbonyl (C=O) groups is 2. The van der Waals surface area contributed by atoms with Gasteiger partial charge in [0.15, 0.2) is 0 Å². The highest BCUT2D eigenvalue weighted by atomic mass is 35.5. The van der Waals surface area contributed by atoms with E-state index in [0.29, 0.717) is 29.0 Å². The Balaban J connectivity index is 2.00. The van der Waals surface area contributed by atoms with Crippen molar-refractivity contribution in [2.75, 3.05) is 17.3 Å². The summed E-state index contributed by atoms with van der Waals surface area (Å²) in [6.07, 6.45) is 0.881. The molecule has 7 nitrogen and oxygen atoms in total. The second-order valence-corrected chi connectivity index (χ2v) is 8.80. The number of fused-ring (bicyclic) bond motifs is 1. The molecule has 0 aliphatic carbocycles. The number of aromatic nitrogens is 1. The quantitative estimate of drug-likeness (QED) is 0.644. The number of benzene rings is 1. The Morgan fingerprint density at radius 3 is 2.42 bits per heavy atom. The highest BCUT2D eigenvalue weighted by Gasteiger charge is 2.35. The van der Waals surface area contributed by atoms with E-state index in [4.69, 9.17) is 11.6 Å². The van der Waals surface area contributed by atoms with E-state index >= 15 is 0 Å². The minimum absolute atomic E-state index is 0.0415. The zero-order valence-electron chi connectivity index (χ0n) is 18.6. The molecule has 2 atom stereocenters. The summed E-state index contributed by atoms with van der Waals surface area (Å²) in [5.41, 5.74) is 2.17. The molecule has 0 radical (unpaired) electrons. The fourth-order valence-corrected chi connectivity index (χ4v) is 3.83. The molecule has 2 N–H and O–H groups in total. The number of carbonyl (C=O) groups excluding carboxylic acids is 2. The van der Waals surface area contributed by atoms with E-state index in [-0.39, 0.29) is 24.0 Å². The third-order valence-electron chi connectivity index (χ3n) is 5.46. The minimum atomic E-state index is -0.340. The molecule has 1 aromatic heterocycles. The van der Waals surface area contributed by atoms with Crippen molar-refractivity contribution < 1.29 is 9.59 Å². The molecule has 0 saturated carbocycles. The standard InChI is InChI=1S/C23H30ClN5O2/c1-14(2)12-15(3)28-13-19-20(10-11-21(26-19)27-22(30)16(4)25-5)29(23(28)31)18-8-6-17(24)7-9-18/h6-11,14-16,25H,12-13H2,1-5H3,(H,26,27,30)/t15?,16-/m0/s1. The van der Waals surface area contributed by atoms with Crippen molar-refractivity contribution in [3.8, 4) is 0 Å². The molecule has 1 aromatic carbocycles. The van der Waals surface area contributed by atoms with Crippen molar-refractivity contribution in [2.45, 2.75) is 52.7 Å². The van der Waals surface area contributed by atoms with Gasteiger partial charge in [0.2, 0.25) is 5.91 Å². The lowest BCUT2D eigenvalue weighted by atomic mass is 10.0. The number of pyridine rings is 1. The van der Waals surface area contributed by atoms with Crippen molar-refractivity contribution in [3.05, 3.63) is 47.1 Å². The van der Waals surface area contributed by atoms with E-state index in [1.807, 2.05) is 23.1 Å². The smallest absolute Gasteiger partial charge is 0.315 e. The van der Waals surface area contributed by atoms with Gasteiger partial charge in [-0.2, -0.15) is 0 Å². The summed E-state index contributed by atoms with van der Waals surface area (Å²) in [5, 5.41) is 6.36. The first kappa shape index (κ1) is 23.0. The van der Waals surface area contributed by atoms with E-state index in [2.05, 4.69) is 36.4 Å². The maximum Gasteiger partial charge on any atom is 0.329 e. The number of anilines is 3. The molecule has 0 fully saturated rings. The third-order valence-corrected chi connectivity index (χ3v) is 5.71. The monoisotopic (exact) mass is 443 g/mol. The SMILES string of the molecule is CN[C@@H](C)C(=O)Nc1ccc2c(n1)CN(C(C)CC(C)C)C(=O)N2c1ccc(Cl)cc1. The molecule has 0 bridgehead atoms. The van der Waals surface area contributed by atoms with Crippen molar-refractivity contribution in [1.82, 2.24) is 15.2 Å². The number of hydrogen-bond acceptors (Lipinski definition) is 4. The first-order chi connectivity index (χ1) is 14.7. The van der Waals surface area contributed by atoms with Crippen LogP contribution in [0.2, 0.25) is 5.02 Å². The van der Waals surface area contributed by atoms with Gasteiger partial charge in [0.1, 0.15) is 5.82 Å². The summed E-state index contributed by atoms with van der Waals surface area (Å²) in [7, 11) is 1.73. The van der Waals surface area contributed by atoms with Crippen LogP contribution < -0.4 is 15.5 Å². The van der Waals surface area contributed by atoms with Crippen LogP contribution in [0.1, 0.15) is 39.8 Å². The van der Waals surface area contributed by atoms with Crippen LogP contribution in [0.25, 0.3) is 0 Å². The minimum Gasteiger partial charge on any atom is -0.315 e. The molecule has 0 spiro atoms. The maximum absolute atomic E-state index is 13.5. The molecule has 3 amide bonds. The van der Waals surface area contributed by atoms with Gasteiger partial charge >= 0.3 is 6.03 Å². The molecule has 31 heavy (non-hydrogen) atoms. The molecule has 1 aliphatic heterocycles. The molecular formula is C23H30ClN5O2. The third kappa shape index (κ3) is 5.17. The summed E-state index contributed by atoms with van der Waals surface area (Å²) in [5.74, 6) is 0.754. The number of urea groups is 1. The van der Waals surface area contributed by atoms with E-state index in [9.17, 15) is 9.59 Å². The zero-order valence-corrected chi connectivity index (χ0v) is 19.4. The van der Waals surface area contributed by atoms with Crippen molar-refractivity contribution in [2.24, 2.45) is 5.92 Å². The molecule has 1 aliphatic rings. The van der Waals surface area contributed by atoms with Crippen molar-refractivity contribution in [1.29, 1.82) is 0 Å². The number of likely N-dealkylation sites (N-methyl/N-ethyl adjacent to an activating group) is 1. The Morgan fingerprint density at radius 1 is 1.13 bits per heavy atom. The van der Waals surface area contributed by atoms with E-state index < -0.39 is 0 Å². The highest BCUT2D eigenvalue weighted by Crippen LogP contribution is 2.36. The Hall–Kier alpha value is -2.64. The predicted octanol–water partition coefficient (Wildman–Crippen LogP) is 4.79. The van der Waals surface area contributed by atoms with Crippen LogP contribution in [0.4, 0.5) is 22.0 Å². The fraction of sp³-hybridized carbons (Fsp3) is 0.435. The van der Waals surface area contributed by atoms with E-state index in [1.165, 1.54) is 0 Å². The lowest BCUT2D eigenvalue weighted by molar-refractivity contribution is -0.117. The maximum atomic E-state index is 13.5. The van der Waals surface area contributed by atoms with Crippen LogP contribution in [0, 0.1) is 5.92 Å².